The highest BCUT2D eigenvalue weighted by Crippen LogP contribution is 2.15. The quantitative estimate of drug-likeness (QED) is 0.884. The molecular weight excluding hydrogens is 264 g/mol. The first-order valence-electron chi connectivity index (χ1n) is 6.90. The molecule has 21 heavy (non-hydrogen) atoms. The summed E-state index contributed by atoms with van der Waals surface area (Å²) in [5.41, 5.74) is 7.05. The number of carbonyl (C=O) groups is 1. The lowest BCUT2D eigenvalue weighted by molar-refractivity contribution is -0.116. The van der Waals surface area contributed by atoms with E-state index in [1.54, 1.807) is 12.4 Å². The van der Waals surface area contributed by atoms with Crippen LogP contribution in [0.25, 0.3) is 11.4 Å². The van der Waals surface area contributed by atoms with Gasteiger partial charge in [0.05, 0.1) is 18.1 Å². The lowest BCUT2D eigenvalue weighted by Crippen LogP contribution is -2.33. The van der Waals surface area contributed by atoms with Gasteiger partial charge in [0, 0.05) is 17.5 Å². The Morgan fingerprint density at radius 1 is 1.19 bits per heavy atom. The standard InChI is InChI=1S/C16H20N4O/c1-16(2,17)9-8-14(21)20-13-10-18-15(19-11-13)12-6-4-3-5-7-12/h3-7,10-11H,8-9,17H2,1-2H3,(H,20,21). The van der Waals surface area contributed by atoms with E-state index in [2.05, 4.69) is 15.3 Å². The number of nitrogens with zero attached hydrogens (tertiary/aromatic N) is 2. The van der Waals surface area contributed by atoms with Gasteiger partial charge < -0.3 is 11.1 Å². The lowest BCUT2D eigenvalue weighted by atomic mass is 10.00. The summed E-state index contributed by atoms with van der Waals surface area (Å²) in [5.74, 6) is 0.557. The molecule has 1 amide bonds. The predicted molar refractivity (Wildman–Crippen MR) is 83.6 cm³/mol. The predicted octanol–water partition coefficient (Wildman–Crippen LogP) is 2.60. The van der Waals surface area contributed by atoms with E-state index < -0.39 is 0 Å². The summed E-state index contributed by atoms with van der Waals surface area (Å²) >= 11 is 0. The smallest absolute Gasteiger partial charge is 0.224 e. The molecule has 1 heterocycles. The molecule has 3 N–H and O–H groups in total. The van der Waals surface area contributed by atoms with Crippen molar-refractivity contribution >= 4 is 11.6 Å². The summed E-state index contributed by atoms with van der Waals surface area (Å²) in [7, 11) is 0. The van der Waals surface area contributed by atoms with Crippen LogP contribution in [-0.2, 0) is 4.79 Å². The molecule has 0 aliphatic carbocycles. The number of nitrogens with one attached hydrogen (secondary N) is 1. The molecule has 1 aromatic carbocycles. The number of rotatable bonds is 5. The fourth-order valence-electron chi connectivity index (χ4n) is 1.79. The minimum Gasteiger partial charge on any atom is -0.326 e. The van der Waals surface area contributed by atoms with Gasteiger partial charge in [-0.2, -0.15) is 0 Å². The average molecular weight is 284 g/mol. The Bertz CT molecular complexity index is 588. The zero-order valence-electron chi connectivity index (χ0n) is 12.3. The highest BCUT2D eigenvalue weighted by atomic mass is 16.1. The van der Waals surface area contributed by atoms with Gasteiger partial charge in [0.15, 0.2) is 5.82 Å². The molecule has 0 fully saturated rings. The average Bonchev–Trinajstić information content (AvgIpc) is 2.46. The first kappa shape index (κ1) is 15.1. The molecule has 2 rings (SSSR count). The number of benzene rings is 1. The van der Waals surface area contributed by atoms with Gasteiger partial charge in [-0.1, -0.05) is 30.3 Å². The highest BCUT2D eigenvalue weighted by molar-refractivity contribution is 5.90. The number of anilines is 1. The fraction of sp³-hybridized carbons (Fsp3) is 0.312. The second kappa shape index (κ2) is 6.45. The summed E-state index contributed by atoms with van der Waals surface area (Å²) in [6.07, 6.45) is 4.23. The van der Waals surface area contributed by atoms with Crippen molar-refractivity contribution in [3.05, 3.63) is 42.7 Å². The van der Waals surface area contributed by atoms with Gasteiger partial charge in [-0.25, -0.2) is 9.97 Å². The van der Waals surface area contributed by atoms with E-state index >= 15 is 0 Å². The van der Waals surface area contributed by atoms with Crippen molar-refractivity contribution in [3.63, 3.8) is 0 Å². The van der Waals surface area contributed by atoms with Crippen molar-refractivity contribution in [2.24, 2.45) is 5.73 Å². The van der Waals surface area contributed by atoms with Gasteiger partial charge in [-0.15, -0.1) is 0 Å². The molecule has 0 saturated heterocycles. The second-order valence-electron chi connectivity index (χ2n) is 5.70. The van der Waals surface area contributed by atoms with Gasteiger partial charge in [0.1, 0.15) is 0 Å². The fourth-order valence-corrected chi connectivity index (χ4v) is 1.79. The minimum absolute atomic E-state index is 0.0791. The van der Waals surface area contributed by atoms with E-state index in [0.29, 0.717) is 24.4 Å². The van der Waals surface area contributed by atoms with Gasteiger partial charge in [0.2, 0.25) is 5.91 Å². The van der Waals surface area contributed by atoms with Crippen molar-refractivity contribution in [2.45, 2.75) is 32.2 Å². The normalized spacial score (nSPS) is 11.2. The van der Waals surface area contributed by atoms with Gasteiger partial charge in [-0.05, 0) is 20.3 Å². The Kier molecular flexibility index (Phi) is 4.65. The molecule has 0 saturated carbocycles. The van der Waals surface area contributed by atoms with Crippen molar-refractivity contribution in [3.8, 4) is 11.4 Å². The molecule has 5 heteroatoms. The molecule has 0 unspecified atom stereocenters. The molecule has 2 aromatic rings. The maximum Gasteiger partial charge on any atom is 0.224 e. The number of nitrogens with two attached hydrogens (primary N) is 1. The zero-order chi connectivity index (χ0) is 15.3. The lowest BCUT2D eigenvalue weighted by Gasteiger charge is -2.17. The first-order valence-corrected chi connectivity index (χ1v) is 6.90. The van der Waals surface area contributed by atoms with Crippen LogP contribution in [0.4, 0.5) is 5.69 Å². The Morgan fingerprint density at radius 3 is 2.38 bits per heavy atom. The van der Waals surface area contributed by atoms with E-state index in [4.69, 9.17) is 5.73 Å². The van der Waals surface area contributed by atoms with Gasteiger partial charge >= 0.3 is 0 Å². The Morgan fingerprint density at radius 2 is 1.81 bits per heavy atom. The third kappa shape index (κ3) is 4.96. The summed E-state index contributed by atoms with van der Waals surface area (Å²) in [5, 5.41) is 2.77. The van der Waals surface area contributed by atoms with Crippen LogP contribution < -0.4 is 11.1 Å². The van der Waals surface area contributed by atoms with E-state index in [9.17, 15) is 4.79 Å². The molecule has 5 nitrogen and oxygen atoms in total. The molecule has 0 bridgehead atoms. The van der Waals surface area contributed by atoms with Crippen LogP contribution in [0.3, 0.4) is 0 Å². The number of amides is 1. The minimum atomic E-state index is -0.342. The third-order valence-electron chi connectivity index (χ3n) is 2.96. The van der Waals surface area contributed by atoms with Crippen molar-refractivity contribution in [1.82, 2.24) is 9.97 Å². The molecule has 0 aliphatic heterocycles. The zero-order valence-corrected chi connectivity index (χ0v) is 12.3. The summed E-state index contributed by atoms with van der Waals surface area (Å²) < 4.78 is 0. The SMILES string of the molecule is CC(C)(N)CCC(=O)Nc1cnc(-c2ccccc2)nc1. The summed E-state index contributed by atoms with van der Waals surface area (Å²) in [4.78, 5) is 20.3. The van der Waals surface area contributed by atoms with Crippen molar-refractivity contribution in [2.75, 3.05) is 5.32 Å². The number of aromatic nitrogens is 2. The van der Waals surface area contributed by atoms with Crippen LogP contribution in [0.2, 0.25) is 0 Å². The van der Waals surface area contributed by atoms with E-state index in [1.807, 2.05) is 44.2 Å². The van der Waals surface area contributed by atoms with Crippen LogP contribution in [0.15, 0.2) is 42.7 Å². The Labute approximate surface area is 124 Å². The molecule has 0 aliphatic rings. The van der Waals surface area contributed by atoms with E-state index in [1.165, 1.54) is 0 Å². The van der Waals surface area contributed by atoms with Crippen LogP contribution >= 0.6 is 0 Å². The summed E-state index contributed by atoms with van der Waals surface area (Å²) in [6, 6.07) is 9.69. The number of hydrogen-bond donors (Lipinski definition) is 2. The summed E-state index contributed by atoms with van der Waals surface area (Å²) in [6.45, 7) is 3.80. The van der Waals surface area contributed by atoms with E-state index in [-0.39, 0.29) is 11.4 Å². The van der Waals surface area contributed by atoms with Crippen LogP contribution in [0, 0.1) is 0 Å². The monoisotopic (exact) mass is 284 g/mol. The Hall–Kier alpha value is -2.27. The van der Waals surface area contributed by atoms with Crippen LogP contribution in [0.5, 0.6) is 0 Å². The number of hydrogen-bond acceptors (Lipinski definition) is 4. The van der Waals surface area contributed by atoms with E-state index in [0.717, 1.165) is 5.56 Å². The number of carbonyl (C=O) groups excluding carboxylic acids is 1. The first-order chi connectivity index (χ1) is 9.94. The molecule has 0 radical (unpaired) electrons. The topological polar surface area (TPSA) is 80.9 Å². The third-order valence-corrected chi connectivity index (χ3v) is 2.96. The molecule has 110 valence electrons. The maximum atomic E-state index is 11.8. The van der Waals surface area contributed by atoms with Crippen LogP contribution in [0.1, 0.15) is 26.7 Å². The van der Waals surface area contributed by atoms with Gasteiger partial charge in [-0.3, -0.25) is 4.79 Å². The Balaban J connectivity index is 1.95. The second-order valence-corrected chi connectivity index (χ2v) is 5.70. The highest BCUT2D eigenvalue weighted by Gasteiger charge is 2.13. The molecule has 1 aromatic heterocycles. The van der Waals surface area contributed by atoms with Crippen molar-refractivity contribution < 1.29 is 4.79 Å². The molecular formula is C16H20N4O. The van der Waals surface area contributed by atoms with Crippen molar-refractivity contribution in [1.29, 1.82) is 0 Å². The molecule has 0 spiro atoms. The van der Waals surface area contributed by atoms with Gasteiger partial charge in [0.25, 0.3) is 0 Å². The largest absolute Gasteiger partial charge is 0.326 e. The maximum absolute atomic E-state index is 11.8. The van der Waals surface area contributed by atoms with Crippen LogP contribution in [-0.4, -0.2) is 21.4 Å². The molecule has 0 atom stereocenters.